The number of rotatable bonds is 6. The highest BCUT2D eigenvalue weighted by molar-refractivity contribution is 6.07. The number of fused-ring (bicyclic) bond motifs is 2. The van der Waals surface area contributed by atoms with Crippen molar-refractivity contribution in [2.75, 3.05) is 23.0 Å². The lowest BCUT2D eigenvalue weighted by atomic mass is 9.71. The van der Waals surface area contributed by atoms with Crippen LogP contribution in [0.3, 0.4) is 0 Å². The molecule has 192 valence electrons. The van der Waals surface area contributed by atoms with Crippen LogP contribution in [0, 0.1) is 11.8 Å². The first-order valence-corrected chi connectivity index (χ1v) is 13.0. The minimum absolute atomic E-state index is 0.128. The fourth-order valence-electron chi connectivity index (χ4n) is 6.64. The van der Waals surface area contributed by atoms with Gasteiger partial charge in [0.05, 0.1) is 18.3 Å². The van der Waals surface area contributed by atoms with E-state index in [0.29, 0.717) is 19.5 Å². The molecule has 0 saturated carbocycles. The van der Waals surface area contributed by atoms with Crippen molar-refractivity contribution in [1.82, 2.24) is 0 Å². The number of para-hydroxylation sites is 1. The summed E-state index contributed by atoms with van der Waals surface area (Å²) in [5, 5.41) is 9.66. The summed E-state index contributed by atoms with van der Waals surface area (Å²) < 4.78 is 21.9. The van der Waals surface area contributed by atoms with E-state index in [1.807, 2.05) is 60.4 Å². The van der Waals surface area contributed by atoms with E-state index in [4.69, 9.17) is 4.74 Å². The highest BCUT2D eigenvalue weighted by Crippen LogP contribution is 2.58. The first-order valence-electron chi connectivity index (χ1n) is 13.0. The van der Waals surface area contributed by atoms with E-state index in [0.717, 1.165) is 35.3 Å². The number of amides is 2. The molecule has 0 aromatic heterocycles. The Hall–Kier alpha value is -2.77. The number of ether oxygens (including phenoxy) is 1. The van der Waals surface area contributed by atoms with Crippen molar-refractivity contribution in [2.45, 2.75) is 70.4 Å². The number of aliphatic hydroxyl groups is 1. The topological polar surface area (TPSA) is 70.1 Å². The summed E-state index contributed by atoms with van der Waals surface area (Å²) in [6.45, 7) is 5.83. The standard InChI is InChI=1S/C29H35FN2O4/c1-19-26(28(2,3)30)24(14-16-33)36-29(19)22-11-4-5-12-23(22)32(27(29)35)18-20-9-8-10-21(17-20)31-15-7-6-13-25(31)34/h4-5,8-12,17,19,24,26,33H,6-7,13-16,18H2,1-3H3/t19-,24+,26-,29+/m1/s1. The molecule has 4 atom stereocenters. The molecule has 2 aromatic rings. The van der Waals surface area contributed by atoms with Gasteiger partial charge in [0.1, 0.15) is 5.67 Å². The molecule has 0 radical (unpaired) electrons. The SMILES string of the molecule is C[C@@H]1[C@@H](C(C)(C)F)[C@H](CCO)O[C@@]12C(=O)N(Cc1cccc(N3CCCCC3=O)c1)c1ccccc12. The molecule has 7 heteroatoms. The minimum atomic E-state index is -1.58. The number of benzene rings is 2. The maximum Gasteiger partial charge on any atom is 0.264 e. The summed E-state index contributed by atoms with van der Waals surface area (Å²) in [5.74, 6) is -1.05. The van der Waals surface area contributed by atoms with Crippen molar-refractivity contribution in [2.24, 2.45) is 11.8 Å². The van der Waals surface area contributed by atoms with Crippen LogP contribution in [0.25, 0.3) is 0 Å². The molecule has 2 fully saturated rings. The Bertz CT molecular complexity index is 1160. The fraction of sp³-hybridized carbons (Fsp3) is 0.517. The van der Waals surface area contributed by atoms with Crippen molar-refractivity contribution in [3.8, 4) is 0 Å². The van der Waals surface area contributed by atoms with Gasteiger partial charge in [0.15, 0.2) is 5.60 Å². The first-order chi connectivity index (χ1) is 17.2. The Morgan fingerprint density at radius 2 is 1.92 bits per heavy atom. The second-order valence-electron chi connectivity index (χ2n) is 10.9. The molecule has 1 N–H and O–H groups in total. The van der Waals surface area contributed by atoms with Gasteiger partial charge in [0.2, 0.25) is 5.91 Å². The smallest absolute Gasteiger partial charge is 0.264 e. The Morgan fingerprint density at radius 3 is 2.64 bits per heavy atom. The third kappa shape index (κ3) is 3.93. The van der Waals surface area contributed by atoms with Gasteiger partial charge in [-0.05, 0) is 56.9 Å². The predicted octanol–water partition coefficient (Wildman–Crippen LogP) is 4.73. The predicted molar refractivity (Wildman–Crippen MR) is 136 cm³/mol. The summed E-state index contributed by atoms with van der Waals surface area (Å²) in [6.07, 6.45) is 2.15. The number of alkyl halides is 1. The van der Waals surface area contributed by atoms with Crippen LogP contribution >= 0.6 is 0 Å². The number of aliphatic hydroxyl groups excluding tert-OH is 1. The quantitative estimate of drug-likeness (QED) is 0.631. The number of hydrogen-bond acceptors (Lipinski definition) is 4. The van der Waals surface area contributed by atoms with Crippen molar-refractivity contribution in [3.63, 3.8) is 0 Å². The average Bonchev–Trinajstić information content (AvgIpc) is 3.27. The lowest BCUT2D eigenvalue weighted by molar-refractivity contribution is -0.146. The average molecular weight is 495 g/mol. The van der Waals surface area contributed by atoms with Gasteiger partial charge in [-0.25, -0.2) is 4.39 Å². The molecule has 2 saturated heterocycles. The van der Waals surface area contributed by atoms with E-state index in [9.17, 15) is 14.7 Å². The molecular formula is C29H35FN2O4. The van der Waals surface area contributed by atoms with E-state index in [1.54, 1.807) is 4.90 Å². The van der Waals surface area contributed by atoms with Gasteiger partial charge in [0, 0.05) is 42.7 Å². The summed E-state index contributed by atoms with van der Waals surface area (Å²) in [7, 11) is 0. The van der Waals surface area contributed by atoms with Gasteiger partial charge in [-0.3, -0.25) is 9.59 Å². The van der Waals surface area contributed by atoms with Crippen molar-refractivity contribution >= 4 is 23.2 Å². The Balaban J connectivity index is 1.51. The van der Waals surface area contributed by atoms with Crippen LogP contribution in [0.15, 0.2) is 48.5 Å². The zero-order valence-electron chi connectivity index (χ0n) is 21.2. The number of piperidine rings is 1. The highest BCUT2D eigenvalue weighted by Gasteiger charge is 2.65. The van der Waals surface area contributed by atoms with Gasteiger partial charge in [-0.1, -0.05) is 37.3 Å². The van der Waals surface area contributed by atoms with Crippen molar-refractivity contribution < 1.29 is 23.8 Å². The number of carbonyl (C=O) groups is 2. The molecule has 3 heterocycles. The minimum Gasteiger partial charge on any atom is -0.396 e. The van der Waals surface area contributed by atoms with Crippen LogP contribution in [0.4, 0.5) is 15.8 Å². The van der Waals surface area contributed by atoms with Crippen molar-refractivity contribution in [1.29, 1.82) is 0 Å². The van der Waals surface area contributed by atoms with Crippen LogP contribution in [0.5, 0.6) is 0 Å². The van der Waals surface area contributed by atoms with E-state index >= 15 is 4.39 Å². The maximum atomic E-state index is 15.4. The summed E-state index contributed by atoms with van der Waals surface area (Å²) in [4.78, 5) is 30.2. The first kappa shape index (κ1) is 24.9. The van der Waals surface area contributed by atoms with E-state index < -0.39 is 29.2 Å². The van der Waals surface area contributed by atoms with Gasteiger partial charge in [0.25, 0.3) is 5.91 Å². The monoisotopic (exact) mass is 494 g/mol. The number of anilines is 2. The zero-order chi connectivity index (χ0) is 25.7. The molecule has 1 spiro atoms. The third-order valence-electron chi connectivity index (χ3n) is 8.17. The maximum absolute atomic E-state index is 15.4. The second kappa shape index (κ2) is 9.27. The molecule has 6 nitrogen and oxygen atoms in total. The van der Waals surface area contributed by atoms with Gasteiger partial charge < -0.3 is 19.6 Å². The van der Waals surface area contributed by atoms with Crippen LogP contribution in [0.2, 0.25) is 0 Å². The normalized spacial score (nSPS) is 28.3. The Kier molecular flexibility index (Phi) is 6.41. The van der Waals surface area contributed by atoms with Crippen LogP contribution in [0.1, 0.15) is 57.6 Å². The third-order valence-corrected chi connectivity index (χ3v) is 8.17. The number of carbonyl (C=O) groups excluding carboxylic acids is 2. The Morgan fingerprint density at radius 1 is 1.14 bits per heavy atom. The molecule has 0 bridgehead atoms. The Labute approximate surface area is 212 Å². The molecule has 3 aliphatic heterocycles. The lowest BCUT2D eigenvalue weighted by Crippen LogP contribution is -2.45. The highest BCUT2D eigenvalue weighted by atomic mass is 19.1. The summed E-state index contributed by atoms with van der Waals surface area (Å²) >= 11 is 0. The molecule has 36 heavy (non-hydrogen) atoms. The molecule has 3 aliphatic rings. The molecule has 0 aliphatic carbocycles. The number of halogens is 1. The van der Waals surface area contributed by atoms with Gasteiger partial charge in [-0.15, -0.1) is 0 Å². The largest absolute Gasteiger partial charge is 0.396 e. The molecule has 2 amide bonds. The van der Waals surface area contributed by atoms with Crippen LogP contribution in [-0.2, 0) is 26.5 Å². The number of nitrogens with zero attached hydrogens (tertiary/aromatic N) is 2. The number of hydrogen-bond donors (Lipinski definition) is 1. The molecular weight excluding hydrogens is 459 g/mol. The zero-order valence-corrected chi connectivity index (χ0v) is 21.2. The van der Waals surface area contributed by atoms with E-state index in [2.05, 4.69) is 0 Å². The van der Waals surface area contributed by atoms with Crippen molar-refractivity contribution in [3.05, 3.63) is 59.7 Å². The van der Waals surface area contributed by atoms with Crippen LogP contribution in [-0.4, -0.2) is 41.8 Å². The lowest BCUT2D eigenvalue weighted by Gasteiger charge is -2.32. The molecule has 2 aromatic carbocycles. The fourth-order valence-corrected chi connectivity index (χ4v) is 6.64. The van der Waals surface area contributed by atoms with E-state index in [-0.39, 0.29) is 24.8 Å². The molecule has 0 unspecified atom stereocenters. The summed E-state index contributed by atoms with van der Waals surface area (Å²) in [6, 6.07) is 15.4. The second-order valence-corrected chi connectivity index (χ2v) is 10.9. The molecule has 5 rings (SSSR count). The van der Waals surface area contributed by atoms with Gasteiger partial charge in [-0.2, -0.15) is 0 Å². The van der Waals surface area contributed by atoms with Crippen LogP contribution < -0.4 is 9.80 Å². The van der Waals surface area contributed by atoms with E-state index in [1.165, 1.54) is 13.8 Å². The summed E-state index contributed by atoms with van der Waals surface area (Å²) in [5.41, 5.74) is 0.380. The van der Waals surface area contributed by atoms with Gasteiger partial charge >= 0.3 is 0 Å².